The van der Waals surface area contributed by atoms with Crippen LogP contribution in [0.4, 0.5) is 0 Å². The normalized spacial score (nSPS) is 18.9. The number of aliphatic imine (C=N–C) groups is 4. The number of fused-ring (bicyclic) bond motifs is 4. The second kappa shape index (κ2) is 11.3. The van der Waals surface area contributed by atoms with E-state index in [1.807, 2.05) is 38.2 Å². The van der Waals surface area contributed by atoms with Gasteiger partial charge in [0, 0.05) is 0 Å². The topological polar surface area (TPSA) is 102 Å². The van der Waals surface area contributed by atoms with Crippen molar-refractivity contribution in [3.8, 4) is 0 Å². The van der Waals surface area contributed by atoms with E-state index in [-0.39, 0.29) is 0 Å². The molecule has 8 bridgehead atoms. The molecule has 0 amide bonds. The molecule has 0 atom stereocenters. The maximum atomic E-state index is 13.1. The number of hydrogen-bond acceptors (Lipinski definition) is 8. The van der Waals surface area contributed by atoms with Gasteiger partial charge in [-0.3, -0.25) is 0 Å². The zero-order chi connectivity index (χ0) is 26.5. The first kappa shape index (κ1) is 25.2. The molecule has 0 saturated carbocycles. The number of allylic oxidation sites excluding steroid dienone is 10. The van der Waals surface area contributed by atoms with Crippen LogP contribution in [0.15, 0.2) is 115 Å². The number of carbonyl (C=O) groups is 2. The lowest BCUT2D eigenvalue weighted by Gasteiger charge is -2.09. The van der Waals surface area contributed by atoms with E-state index in [0.29, 0.717) is 70.0 Å². The molecule has 0 aromatic rings. The van der Waals surface area contributed by atoms with Gasteiger partial charge in [0.15, 0.2) is 0 Å². The molecule has 8 heteroatoms. The third-order valence-corrected chi connectivity index (χ3v) is 6.13. The van der Waals surface area contributed by atoms with E-state index < -0.39 is 11.9 Å². The summed E-state index contributed by atoms with van der Waals surface area (Å²) in [5.41, 5.74) is 5.00. The van der Waals surface area contributed by atoms with Crippen LogP contribution < -0.4 is 0 Å². The summed E-state index contributed by atoms with van der Waals surface area (Å²) >= 11 is 0. The van der Waals surface area contributed by atoms with Crippen molar-refractivity contribution < 1.29 is 19.1 Å². The number of esters is 2. The minimum atomic E-state index is -0.461. The van der Waals surface area contributed by atoms with E-state index >= 15 is 0 Å². The molecule has 5 aliphatic heterocycles. The lowest BCUT2D eigenvalue weighted by Crippen LogP contribution is -2.16. The minimum absolute atomic E-state index is 0.310. The average molecular weight is 509 g/mol. The van der Waals surface area contributed by atoms with Crippen LogP contribution in [-0.2, 0) is 19.1 Å². The summed E-state index contributed by atoms with van der Waals surface area (Å²) in [6.45, 7) is 4.74. The fraction of sp³-hybridized carbons (Fsp3) is 0.267. The van der Waals surface area contributed by atoms with Gasteiger partial charge in [0.1, 0.15) is 11.1 Å². The zero-order valence-electron chi connectivity index (χ0n) is 21.4. The zero-order valence-corrected chi connectivity index (χ0v) is 21.4. The Labute approximate surface area is 221 Å². The third-order valence-electron chi connectivity index (χ3n) is 6.13. The number of carbonyl (C=O) groups excluding carboxylic acids is 2. The van der Waals surface area contributed by atoms with Crippen molar-refractivity contribution in [3.63, 3.8) is 0 Å². The summed E-state index contributed by atoms with van der Waals surface area (Å²) in [6, 6.07) is 0. The molecule has 0 N–H and O–H groups in total. The van der Waals surface area contributed by atoms with Gasteiger partial charge < -0.3 is 9.47 Å². The van der Waals surface area contributed by atoms with Crippen molar-refractivity contribution in [2.45, 2.75) is 39.5 Å². The van der Waals surface area contributed by atoms with Gasteiger partial charge in [-0.25, -0.2) is 29.6 Å². The average Bonchev–Trinajstić information content (AvgIpc) is 3.71. The Balaban J connectivity index is 1.59. The van der Waals surface area contributed by atoms with E-state index in [1.165, 1.54) is 0 Å². The number of nitrogens with zero attached hydrogens (tertiary/aromatic N) is 4. The lowest BCUT2D eigenvalue weighted by atomic mass is 10.1. The maximum Gasteiger partial charge on any atom is 0.342 e. The first-order valence-electron chi connectivity index (χ1n) is 12.9. The number of ether oxygens (including phenoxy) is 2. The Bertz CT molecular complexity index is 1340. The minimum Gasteiger partial charge on any atom is -0.462 e. The fourth-order valence-electron chi connectivity index (χ4n) is 4.14. The monoisotopic (exact) mass is 508 g/mol. The van der Waals surface area contributed by atoms with Crippen LogP contribution in [0.3, 0.4) is 0 Å². The molecule has 0 spiro atoms. The van der Waals surface area contributed by atoms with Crippen LogP contribution in [0.2, 0.25) is 0 Å². The molecule has 0 unspecified atom stereocenters. The molecular formula is C30H28N4O4. The molecule has 192 valence electrons. The smallest absolute Gasteiger partial charge is 0.342 e. The molecule has 0 fully saturated rings. The molecule has 0 radical (unpaired) electrons. The first-order valence-corrected chi connectivity index (χ1v) is 12.9. The Morgan fingerprint density at radius 3 is 1.47 bits per heavy atom. The van der Waals surface area contributed by atoms with E-state index in [1.54, 1.807) is 36.5 Å². The highest BCUT2D eigenvalue weighted by atomic mass is 16.5. The molecule has 5 heterocycles. The van der Waals surface area contributed by atoms with Crippen LogP contribution in [0.1, 0.15) is 39.5 Å². The van der Waals surface area contributed by atoms with E-state index in [0.717, 1.165) is 25.7 Å². The van der Waals surface area contributed by atoms with Gasteiger partial charge in [-0.1, -0.05) is 26.7 Å². The second-order valence-electron chi connectivity index (χ2n) is 9.04. The van der Waals surface area contributed by atoms with E-state index in [2.05, 4.69) is 20.0 Å². The van der Waals surface area contributed by atoms with Crippen molar-refractivity contribution >= 4 is 34.8 Å². The molecular weight excluding hydrogens is 480 g/mol. The highest BCUT2D eigenvalue weighted by molar-refractivity contribution is 6.29. The highest BCUT2D eigenvalue weighted by Crippen LogP contribution is 2.27. The summed E-state index contributed by atoms with van der Waals surface area (Å²) in [6.07, 6.45) is 21.3. The van der Waals surface area contributed by atoms with Crippen LogP contribution >= 0.6 is 0 Å². The van der Waals surface area contributed by atoms with Crippen molar-refractivity contribution in [2.75, 3.05) is 13.2 Å². The number of hydrogen-bond donors (Lipinski definition) is 0. The van der Waals surface area contributed by atoms with E-state index in [9.17, 15) is 9.59 Å². The predicted octanol–water partition coefficient (Wildman–Crippen LogP) is 5.01. The Hall–Kier alpha value is -4.46. The highest BCUT2D eigenvalue weighted by Gasteiger charge is 2.27. The van der Waals surface area contributed by atoms with Gasteiger partial charge in [0.2, 0.25) is 0 Å². The molecule has 5 aliphatic rings. The third kappa shape index (κ3) is 5.44. The fourth-order valence-corrected chi connectivity index (χ4v) is 4.14. The Morgan fingerprint density at radius 1 is 0.605 bits per heavy atom. The van der Waals surface area contributed by atoms with E-state index in [4.69, 9.17) is 9.47 Å². The predicted molar refractivity (Wildman–Crippen MR) is 148 cm³/mol. The maximum absolute atomic E-state index is 13.1. The SMILES string of the molecule is CCCCOC(=O)C1=C2C=CC(=N2)C=C2C=CC(=N2)C(C(=O)OCCCC)=C2C=CC(=N2)C=C2C=CC1=N2. The second-order valence-corrected chi connectivity index (χ2v) is 9.04. The molecule has 0 aromatic carbocycles. The van der Waals surface area contributed by atoms with Gasteiger partial charge in [-0.15, -0.1) is 0 Å². The summed E-state index contributed by atoms with van der Waals surface area (Å²) < 4.78 is 11.1. The molecule has 8 nitrogen and oxygen atoms in total. The molecule has 0 aliphatic carbocycles. The molecule has 0 saturated heterocycles. The van der Waals surface area contributed by atoms with Crippen molar-refractivity contribution in [2.24, 2.45) is 20.0 Å². The molecule has 0 aromatic heterocycles. The Morgan fingerprint density at radius 2 is 1.05 bits per heavy atom. The Kier molecular flexibility index (Phi) is 7.49. The first-order chi connectivity index (χ1) is 18.6. The largest absolute Gasteiger partial charge is 0.462 e. The number of rotatable bonds is 8. The summed E-state index contributed by atoms with van der Waals surface area (Å²) in [7, 11) is 0. The standard InChI is InChI=1S/C30H28N4O4/c1-3-5-15-37-29(35)27-23-11-7-19(31-23)17-21-9-13-25(33-21)28(30(36)38-16-6-4-2)26-14-10-22(34-26)18-20-8-12-24(27)32-20/h7-14,17-18H,3-6,15-16H2,1-2H3. The lowest BCUT2D eigenvalue weighted by molar-refractivity contribution is -0.139. The van der Waals surface area contributed by atoms with Crippen LogP contribution in [0.25, 0.3) is 0 Å². The van der Waals surface area contributed by atoms with Crippen LogP contribution in [0, 0.1) is 0 Å². The van der Waals surface area contributed by atoms with Gasteiger partial charge in [-0.05, 0) is 73.6 Å². The van der Waals surface area contributed by atoms with Gasteiger partial charge in [0.05, 0.1) is 58.8 Å². The van der Waals surface area contributed by atoms with Crippen molar-refractivity contribution in [1.82, 2.24) is 0 Å². The van der Waals surface area contributed by atoms with Crippen LogP contribution in [-0.4, -0.2) is 48.0 Å². The van der Waals surface area contributed by atoms with Gasteiger partial charge in [0.25, 0.3) is 0 Å². The quantitative estimate of drug-likeness (QED) is 0.340. The molecule has 5 rings (SSSR count). The van der Waals surface area contributed by atoms with Crippen LogP contribution in [0.5, 0.6) is 0 Å². The van der Waals surface area contributed by atoms with Crippen molar-refractivity contribution in [1.29, 1.82) is 0 Å². The summed E-state index contributed by atoms with van der Waals surface area (Å²) in [5, 5.41) is 0. The number of unbranched alkanes of at least 4 members (excludes halogenated alkanes) is 2. The summed E-state index contributed by atoms with van der Waals surface area (Å²) in [4.78, 5) is 44.8. The van der Waals surface area contributed by atoms with Gasteiger partial charge >= 0.3 is 11.9 Å². The van der Waals surface area contributed by atoms with Gasteiger partial charge in [-0.2, -0.15) is 0 Å². The van der Waals surface area contributed by atoms with Crippen molar-refractivity contribution in [3.05, 3.63) is 94.7 Å². The summed E-state index contributed by atoms with van der Waals surface area (Å²) in [5.74, 6) is -0.922. The molecule has 38 heavy (non-hydrogen) atoms.